The molecule has 24 heavy (non-hydrogen) atoms. The molecule has 126 valence electrons. The summed E-state index contributed by atoms with van der Waals surface area (Å²) in [4.78, 5) is 12.1. The predicted molar refractivity (Wildman–Crippen MR) is 92.1 cm³/mol. The monoisotopic (exact) mass is 344 g/mol. The highest BCUT2D eigenvalue weighted by molar-refractivity contribution is 7.89. The van der Waals surface area contributed by atoms with Gasteiger partial charge in [0.2, 0.25) is 10.0 Å². The summed E-state index contributed by atoms with van der Waals surface area (Å²) in [6.07, 6.45) is 2.03. The molecule has 0 bridgehead atoms. The molecule has 0 aromatic heterocycles. The van der Waals surface area contributed by atoms with Crippen LogP contribution in [0.2, 0.25) is 0 Å². The van der Waals surface area contributed by atoms with Gasteiger partial charge in [0.15, 0.2) is 0 Å². The van der Waals surface area contributed by atoms with Gasteiger partial charge in [-0.3, -0.25) is 4.79 Å². The van der Waals surface area contributed by atoms with Gasteiger partial charge in [0.05, 0.1) is 4.90 Å². The van der Waals surface area contributed by atoms with Crippen LogP contribution >= 0.6 is 0 Å². The summed E-state index contributed by atoms with van der Waals surface area (Å²) < 4.78 is 27.3. The number of amides is 1. The maximum atomic E-state index is 12.4. The number of sulfonamides is 1. The molecular formula is C18H20N2O3S. The summed E-state index contributed by atoms with van der Waals surface area (Å²) in [6.45, 7) is 2.18. The van der Waals surface area contributed by atoms with Crippen LogP contribution in [0.15, 0.2) is 53.4 Å². The van der Waals surface area contributed by atoms with E-state index in [2.05, 4.69) is 10.0 Å². The summed E-state index contributed by atoms with van der Waals surface area (Å²) in [5.74, 6) is -0.158. The Kier molecular flexibility index (Phi) is 4.69. The summed E-state index contributed by atoms with van der Waals surface area (Å²) >= 11 is 0. The zero-order chi connectivity index (χ0) is 17.2. The number of hydrogen-bond acceptors (Lipinski definition) is 3. The van der Waals surface area contributed by atoms with Gasteiger partial charge in [0.1, 0.15) is 0 Å². The minimum Gasteiger partial charge on any atom is -0.349 e. The number of rotatable bonds is 6. The lowest BCUT2D eigenvalue weighted by Gasteiger charge is -2.09. The highest BCUT2D eigenvalue weighted by atomic mass is 32.2. The third kappa shape index (κ3) is 4.01. The van der Waals surface area contributed by atoms with E-state index in [0.29, 0.717) is 5.56 Å². The van der Waals surface area contributed by atoms with E-state index in [0.717, 1.165) is 24.0 Å². The predicted octanol–water partition coefficient (Wildman–Crippen LogP) is 2.37. The molecule has 1 amide bonds. The molecule has 0 saturated heterocycles. The van der Waals surface area contributed by atoms with Crippen LogP contribution in [0.5, 0.6) is 0 Å². The van der Waals surface area contributed by atoms with E-state index < -0.39 is 10.0 Å². The Morgan fingerprint density at radius 2 is 1.75 bits per heavy atom. The Bertz CT molecular complexity index is 841. The fourth-order valence-corrected chi connectivity index (χ4v) is 3.35. The lowest BCUT2D eigenvalue weighted by Crippen LogP contribution is -2.26. The van der Waals surface area contributed by atoms with E-state index in [9.17, 15) is 13.2 Å². The molecule has 0 unspecified atom stereocenters. The van der Waals surface area contributed by atoms with Crippen LogP contribution in [0.25, 0.3) is 0 Å². The molecule has 2 aromatic carbocycles. The largest absolute Gasteiger partial charge is 0.349 e. The summed E-state index contributed by atoms with van der Waals surface area (Å²) in [7, 11) is -3.61. The van der Waals surface area contributed by atoms with E-state index >= 15 is 0 Å². The summed E-state index contributed by atoms with van der Waals surface area (Å²) in [6, 6.07) is 13.9. The molecule has 0 spiro atoms. The van der Waals surface area contributed by atoms with Gasteiger partial charge >= 0.3 is 0 Å². The topological polar surface area (TPSA) is 75.3 Å². The lowest BCUT2D eigenvalue weighted by molar-refractivity contribution is 0.0951. The van der Waals surface area contributed by atoms with Gasteiger partial charge < -0.3 is 5.32 Å². The highest BCUT2D eigenvalue weighted by Crippen LogP contribution is 2.19. The van der Waals surface area contributed by atoms with E-state index in [4.69, 9.17) is 0 Å². The third-order valence-corrected chi connectivity index (χ3v) is 5.47. The zero-order valence-corrected chi connectivity index (χ0v) is 14.3. The standard InChI is InChI=1S/C18H20N2O3S/c1-13-4-2-3-5-15(13)12-19-24(22,23)17-10-6-14(7-11-17)18(21)20-16-8-9-16/h2-7,10-11,16,19H,8-9,12H2,1H3,(H,20,21). The van der Waals surface area contributed by atoms with Gasteiger partial charge in [-0.05, 0) is 55.2 Å². The molecule has 2 N–H and O–H groups in total. The second kappa shape index (κ2) is 6.75. The van der Waals surface area contributed by atoms with Crippen molar-refractivity contribution in [2.45, 2.75) is 37.2 Å². The molecule has 3 rings (SSSR count). The first kappa shape index (κ1) is 16.7. The summed E-state index contributed by atoms with van der Waals surface area (Å²) in [5.41, 5.74) is 2.44. The number of carbonyl (C=O) groups is 1. The van der Waals surface area contributed by atoms with Gasteiger partial charge in [0.25, 0.3) is 5.91 Å². The van der Waals surface area contributed by atoms with E-state index in [1.54, 1.807) is 12.1 Å². The average molecular weight is 344 g/mol. The van der Waals surface area contributed by atoms with Crippen LogP contribution < -0.4 is 10.0 Å². The normalized spacial score (nSPS) is 14.4. The van der Waals surface area contributed by atoms with E-state index in [-0.39, 0.29) is 23.4 Å². The van der Waals surface area contributed by atoms with Gasteiger partial charge in [-0.2, -0.15) is 0 Å². The third-order valence-electron chi connectivity index (χ3n) is 4.05. The highest BCUT2D eigenvalue weighted by Gasteiger charge is 2.24. The van der Waals surface area contributed by atoms with Crippen LogP contribution in [0, 0.1) is 6.92 Å². The van der Waals surface area contributed by atoms with E-state index in [1.165, 1.54) is 12.1 Å². The number of benzene rings is 2. The Labute approximate surface area is 142 Å². The second-order valence-corrected chi connectivity index (χ2v) is 7.79. The molecule has 1 aliphatic rings. The van der Waals surface area contributed by atoms with Crippen molar-refractivity contribution in [3.63, 3.8) is 0 Å². The Morgan fingerprint density at radius 1 is 1.08 bits per heavy atom. The van der Waals surface area contributed by atoms with E-state index in [1.807, 2.05) is 31.2 Å². The minimum absolute atomic E-state index is 0.152. The number of aryl methyl sites for hydroxylation is 1. The molecule has 6 heteroatoms. The average Bonchev–Trinajstić information content (AvgIpc) is 3.38. The SMILES string of the molecule is Cc1ccccc1CNS(=O)(=O)c1ccc(C(=O)NC2CC2)cc1. The van der Waals surface area contributed by atoms with Crippen molar-refractivity contribution >= 4 is 15.9 Å². The molecular weight excluding hydrogens is 324 g/mol. The first-order valence-electron chi connectivity index (χ1n) is 7.91. The van der Waals surface area contributed by atoms with Crippen LogP contribution in [0.1, 0.15) is 34.3 Å². The van der Waals surface area contributed by atoms with Crippen molar-refractivity contribution in [2.75, 3.05) is 0 Å². The Morgan fingerprint density at radius 3 is 2.38 bits per heavy atom. The maximum Gasteiger partial charge on any atom is 0.251 e. The number of hydrogen-bond donors (Lipinski definition) is 2. The van der Waals surface area contributed by atoms with Crippen LogP contribution in [-0.2, 0) is 16.6 Å². The maximum absolute atomic E-state index is 12.4. The van der Waals surface area contributed by atoms with Gasteiger partial charge in [-0.15, -0.1) is 0 Å². The van der Waals surface area contributed by atoms with Crippen LogP contribution in [0.3, 0.4) is 0 Å². The van der Waals surface area contributed by atoms with Crippen molar-refractivity contribution in [1.29, 1.82) is 0 Å². The summed E-state index contributed by atoms with van der Waals surface area (Å²) in [5, 5.41) is 2.88. The quantitative estimate of drug-likeness (QED) is 0.845. The number of nitrogens with one attached hydrogen (secondary N) is 2. The van der Waals surface area contributed by atoms with Crippen molar-refractivity contribution in [1.82, 2.24) is 10.0 Å². The fraction of sp³-hybridized carbons (Fsp3) is 0.278. The smallest absolute Gasteiger partial charge is 0.251 e. The lowest BCUT2D eigenvalue weighted by atomic mass is 10.1. The van der Waals surface area contributed by atoms with Crippen molar-refractivity contribution < 1.29 is 13.2 Å². The minimum atomic E-state index is -3.61. The second-order valence-electron chi connectivity index (χ2n) is 6.02. The molecule has 2 aromatic rings. The van der Waals surface area contributed by atoms with Gasteiger partial charge in [0, 0.05) is 18.2 Å². The van der Waals surface area contributed by atoms with Gasteiger partial charge in [-0.25, -0.2) is 13.1 Å². The van der Waals surface area contributed by atoms with Crippen molar-refractivity contribution in [2.24, 2.45) is 0 Å². The molecule has 0 radical (unpaired) electrons. The van der Waals surface area contributed by atoms with Crippen LogP contribution in [-0.4, -0.2) is 20.4 Å². The van der Waals surface area contributed by atoms with Gasteiger partial charge in [-0.1, -0.05) is 24.3 Å². The van der Waals surface area contributed by atoms with Crippen molar-refractivity contribution in [3.05, 3.63) is 65.2 Å². The zero-order valence-electron chi connectivity index (χ0n) is 13.5. The Balaban J connectivity index is 1.67. The molecule has 0 aliphatic heterocycles. The number of carbonyl (C=O) groups excluding carboxylic acids is 1. The molecule has 1 aliphatic carbocycles. The first-order valence-corrected chi connectivity index (χ1v) is 9.39. The molecule has 1 saturated carbocycles. The molecule has 5 nitrogen and oxygen atoms in total. The Hall–Kier alpha value is -2.18. The molecule has 0 heterocycles. The van der Waals surface area contributed by atoms with Crippen molar-refractivity contribution in [3.8, 4) is 0 Å². The first-order chi connectivity index (χ1) is 11.5. The molecule has 1 fully saturated rings. The fourth-order valence-electron chi connectivity index (χ4n) is 2.35. The molecule has 0 atom stereocenters. The van der Waals surface area contributed by atoms with Crippen LogP contribution in [0.4, 0.5) is 0 Å².